The molecule has 0 spiro atoms. The molecule has 0 radical (unpaired) electrons. The molecule has 0 aliphatic heterocycles. The van der Waals surface area contributed by atoms with Crippen LogP contribution in [-0.2, 0) is 0 Å². The molecule has 13 heavy (non-hydrogen) atoms. The fourth-order valence-electron chi connectivity index (χ4n) is 0.896. The van der Waals surface area contributed by atoms with Crippen molar-refractivity contribution in [2.24, 2.45) is 0 Å². The van der Waals surface area contributed by atoms with Crippen LogP contribution in [-0.4, -0.2) is 13.7 Å². The number of anilines is 1. The second-order valence-corrected chi connectivity index (χ2v) is 3.18. The maximum atomic E-state index is 11.9. The van der Waals surface area contributed by atoms with Crippen LogP contribution in [0.15, 0.2) is 22.7 Å². The normalized spacial score (nSPS) is 10.2. The van der Waals surface area contributed by atoms with Crippen molar-refractivity contribution < 1.29 is 13.5 Å². The van der Waals surface area contributed by atoms with E-state index >= 15 is 0 Å². The summed E-state index contributed by atoms with van der Waals surface area (Å²) in [6.07, 6.45) is 0. The van der Waals surface area contributed by atoms with Crippen LogP contribution in [0, 0.1) is 0 Å². The zero-order valence-corrected chi connectivity index (χ0v) is 8.44. The number of alkyl halides is 2. The Kier molecular flexibility index (Phi) is 3.48. The van der Waals surface area contributed by atoms with Crippen LogP contribution < -0.4 is 10.1 Å². The molecule has 0 saturated heterocycles. The van der Waals surface area contributed by atoms with Gasteiger partial charge in [0.25, 0.3) is 0 Å². The number of rotatable bonds is 3. The molecule has 0 fully saturated rings. The fraction of sp³-hybridized carbons (Fsp3) is 0.250. The first-order chi connectivity index (χ1) is 6.13. The van der Waals surface area contributed by atoms with E-state index in [0.29, 0.717) is 10.2 Å². The van der Waals surface area contributed by atoms with Gasteiger partial charge < -0.3 is 10.1 Å². The van der Waals surface area contributed by atoms with Crippen molar-refractivity contribution >= 4 is 21.6 Å². The summed E-state index contributed by atoms with van der Waals surface area (Å²) in [7, 11) is 1.64. The van der Waals surface area contributed by atoms with Crippen LogP contribution in [0.25, 0.3) is 0 Å². The van der Waals surface area contributed by atoms with E-state index in [2.05, 4.69) is 26.0 Å². The third-order valence-corrected chi connectivity index (χ3v) is 1.92. The lowest BCUT2D eigenvalue weighted by Gasteiger charge is -2.10. The fourth-order valence-corrected chi connectivity index (χ4v) is 1.24. The van der Waals surface area contributed by atoms with Gasteiger partial charge in [0.2, 0.25) is 0 Å². The molecule has 2 nitrogen and oxygen atoms in total. The first-order valence-electron chi connectivity index (χ1n) is 3.55. The molecule has 0 saturated carbocycles. The van der Waals surface area contributed by atoms with E-state index in [9.17, 15) is 8.78 Å². The standard InChI is InChI=1S/C8H8BrF2NO/c1-12-6-3-2-5(9)4-7(6)13-8(10)11/h2-4,8,12H,1H3. The minimum atomic E-state index is -2.80. The summed E-state index contributed by atoms with van der Waals surface area (Å²) in [4.78, 5) is 0. The molecule has 1 aromatic carbocycles. The monoisotopic (exact) mass is 251 g/mol. The van der Waals surface area contributed by atoms with Crippen molar-refractivity contribution in [3.8, 4) is 5.75 Å². The van der Waals surface area contributed by atoms with E-state index in [0.717, 1.165) is 0 Å². The van der Waals surface area contributed by atoms with Gasteiger partial charge in [0, 0.05) is 11.5 Å². The van der Waals surface area contributed by atoms with Gasteiger partial charge in [-0.3, -0.25) is 0 Å². The summed E-state index contributed by atoms with van der Waals surface area (Å²) in [5, 5.41) is 2.75. The highest BCUT2D eigenvalue weighted by molar-refractivity contribution is 9.10. The van der Waals surface area contributed by atoms with Crippen molar-refractivity contribution in [3.05, 3.63) is 22.7 Å². The van der Waals surface area contributed by atoms with Gasteiger partial charge in [-0.2, -0.15) is 8.78 Å². The quantitative estimate of drug-likeness (QED) is 0.892. The molecule has 0 amide bonds. The zero-order chi connectivity index (χ0) is 9.84. The summed E-state index contributed by atoms with van der Waals surface area (Å²) in [6.45, 7) is -2.80. The lowest BCUT2D eigenvalue weighted by Crippen LogP contribution is -2.04. The number of hydrogen-bond donors (Lipinski definition) is 1. The van der Waals surface area contributed by atoms with Crippen LogP contribution in [0.3, 0.4) is 0 Å². The van der Waals surface area contributed by atoms with Gasteiger partial charge in [-0.1, -0.05) is 15.9 Å². The van der Waals surface area contributed by atoms with Crippen molar-refractivity contribution in [1.29, 1.82) is 0 Å². The van der Waals surface area contributed by atoms with E-state index in [4.69, 9.17) is 0 Å². The second kappa shape index (κ2) is 4.41. The first-order valence-corrected chi connectivity index (χ1v) is 4.35. The maximum Gasteiger partial charge on any atom is 0.387 e. The molecule has 0 heterocycles. The van der Waals surface area contributed by atoms with Crippen LogP contribution >= 0.6 is 15.9 Å². The van der Waals surface area contributed by atoms with Gasteiger partial charge in [0.05, 0.1) is 5.69 Å². The van der Waals surface area contributed by atoms with Crippen LogP contribution in [0.4, 0.5) is 14.5 Å². The molecule has 0 aliphatic rings. The zero-order valence-electron chi connectivity index (χ0n) is 6.85. The van der Waals surface area contributed by atoms with Crippen LogP contribution in [0.5, 0.6) is 5.75 Å². The summed E-state index contributed by atoms with van der Waals surface area (Å²) < 4.78 is 28.8. The molecular weight excluding hydrogens is 244 g/mol. The highest BCUT2D eigenvalue weighted by atomic mass is 79.9. The predicted octanol–water partition coefficient (Wildman–Crippen LogP) is 3.09. The van der Waals surface area contributed by atoms with Crippen molar-refractivity contribution in [2.45, 2.75) is 6.61 Å². The van der Waals surface area contributed by atoms with Gasteiger partial charge in [-0.05, 0) is 18.2 Å². The van der Waals surface area contributed by atoms with Crippen LogP contribution in [0.2, 0.25) is 0 Å². The lowest BCUT2D eigenvalue weighted by molar-refractivity contribution is -0.0493. The minimum absolute atomic E-state index is 0.131. The third kappa shape index (κ3) is 2.84. The highest BCUT2D eigenvalue weighted by Gasteiger charge is 2.08. The lowest BCUT2D eigenvalue weighted by atomic mass is 10.3. The Balaban J connectivity index is 2.94. The number of nitrogens with one attached hydrogen (secondary N) is 1. The van der Waals surface area contributed by atoms with E-state index in [-0.39, 0.29) is 5.75 Å². The van der Waals surface area contributed by atoms with Crippen molar-refractivity contribution in [2.75, 3.05) is 12.4 Å². The third-order valence-electron chi connectivity index (χ3n) is 1.43. The van der Waals surface area contributed by atoms with E-state index < -0.39 is 6.61 Å². The molecule has 0 aliphatic carbocycles. The number of ether oxygens (including phenoxy) is 1. The smallest absolute Gasteiger partial charge is 0.387 e. The Morgan fingerprint density at radius 2 is 2.15 bits per heavy atom. The van der Waals surface area contributed by atoms with Gasteiger partial charge in [0.1, 0.15) is 5.75 Å². The number of halogens is 3. The average Bonchev–Trinajstić information content (AvgIpc) is 2.03. The molecule has 0 atom stereocenters. The van der Waals surface area contributed by atoms with E-state index in [1.165, 1.54) is 6.07 Å². The summed E-state index contributed by atoms with van der Waals surface area (Å²) >= 11 is 3.16. The summed E-state index contributed by atoms with van der Waals surface area (Å²) in [6, 6.07) is 4.88. The second-order valence-electron chi connectivity index (χ2n) is 2.27. The Labute approximate surface area is 83.0 Å². The molecule has 0 aromatic heterocycles. The van der Waals surface area contributed by atoms with Crippen molar-refractivity contribution in [1.82, 2.24) is 0 Å². The topological polar surface area (TPSA) is 21.3 Å². The molecule has 1 aromatic rings. The SMILES string of the molecule is CNc1ccc(Br)cc1OC(F)F. The van der Waals surface area contributed by atoms with Crippen molar-refractivity contribution in [3.63, 3.8) is 0 Å². The van der Waals surface area contributed by atoms with E-state index in [1.807, 2.05) is 0 Å². The molecule has 72 valence electrons. The minimum Gasteiger partial charge on any atom is -0.433 e. The van der Waals surface area contributed by atoms with Crippen LogP contribution in [0.1, 0.15) is 0 Å². The molecule has 1 rings (SSSR count). The number of benzene rings is 1. The Morgan fingerprint density at radius 3 is 2.69 bits per heavy atom. The molecular formula is C8H8BrF2NO. The van der Waals surface area contributed by atoms with Gasteiger partial charge in [-0.25, -0.2) is 0 Å². The van der Waals surface area contributed by atoms with E-state index in [1.54, 1.807) is 19.2 Å². The molecule has 1 N–H and O–H groups in total. The summed E-state index contributed by atoms with van der Waals surface area (Å²) in [5.41, 5.74) is 0.531. The predicted molar refractivity (Wildman–Crippen MR) is 50.3 cm³/mol. The Hall–Kier alpha value is -0.840. The Bertz CT molecular complexity index is 293. The highest BCUT2D eigenvalue weighted by Crippen LogP contribution is 2.29. The van der Waals surface area contributed by atoms with Gasteiger partial charge in [0.15, 0.2) is 0 Å². The largest absolute Gasteiger partial charge is 0.433 e. The molecule has 0 bridgehead atoms. The first kappa shape index (κ1) is 10.2. The summed E-state index contributed by atoms with van der Waals surface area (Å²) in [5.74, 6) is 0.131. The Morgan fingerprint density at radius 1 is 1.46 bits per heavy atom. The molecule has 5 heteroatoms. The average molecular weight is 252 g/mol. The number of hydrogen-bond acceptors (Lipinski definition) is 2. The van der Waals surface area contributed by atoms with Gasteiger partial charge >= 0.3 is 6.61 Å². The van der Waals surface area contributed by atoms with Gasteiger partial charge in [-0.15, -0.1) is 0 Å². The molecule has 0 unspecified atom stereocenters. The maximum absolute atomic E-state index is 11.9.